The summed E-state index contributed by atoms with van der Waals surface area (Å²) in [6, 6.07) is 3.73. The lowest BCUT2D eigenvalue weighted by atomic mass is 10.1. The van der Waals surface area contributed by atoms with Gasteiger partial charge in [-0.05, 0) is 18.6 Å². The van der Waals surface area contributed by atoms with E-state index in [1.807, 2.05) is 23.9 Å². The molecule has 1 aromatic carbocycles. The minimum absolute atomic E-state index is 0.0596. The molecule has 0 spiro atoms. The lowest BCUT2D eigenvalue weighted by Crippen LogP contribution is -2.32. The maximum Gasteiger partial charge on any atom is 0.142 e. The average molecular weight is 356 g/mol. The first-order chi connectivity index (χ1) is 11.1. The summed E-state index contributed by atoms with van der Waals surface area (Å²) in [5.41, 5.74) is 0.926. The fourth-order valence-electron chi connectivity index (χ4n) is 2.92. The molecule has 1 saturated heterocycles. The van der Waals surface area contributed by atoms with Gasteiger partial charge in [0.2, 0.25) is 0 Å². The Hall–Kier alpha value is -1.27. The molecule has 2 atom stereocenters. The van der Waals surface area contributed by atoms with Crippen molar-refractivity contribution < 1.29 is 9.47 Å². The van der Waals surface area contributed by atoms with Crippen molar-refractivity contribution in [2.45, 2.75) is 25.1 Å². The third kappa shape index (κ3) is 3.48. The summed E-state index contributed by atoms with van der Waals surface area (Å²) < 4.78 is 13.2. The van der Waals surface area contributed by atoms with Crippen LogP contribution in [-0.2, 0) is 18.3 Å². The van der Waals surface area contributed by atoms with Gasteiger partial charge in [-0.25, -0.2) is 4.98 Å². The topological polar surface area (TPSA) is 48.3 Å². The van der Waals surface area contributed by atoms with Crippen LogP contribution in [0.1, 0.15) is 23.9 Å². The third-order valence-electron chi connectivity index (χ3n) is 4.05. The van der Waals surface area contributed by atoms with E-state index in [2.05, 4.69) is 10.3 Å². The van der Waals surface area contributed by atoms with Gasteiger partial charge in [-0.15, -0.1) is 0 Å². The maximum absolute atomic E-state index is 6.19. The predicted molar refractivity (Wildman–Crippen MR) is 90.2 cm³/mol. The fourth-order valence-corrected chi connectivity index (χ4v) is 3.53. The van der Waals surface area contributed by atoms with Crippen molar-refractivity contribution in [2.75, 3.05) is 13.7 Å². The van der Waals surface area contributed by atoms with Gasteiger partial charge in [0, 0.05) is 49.2 Å². The van der Waals surface area contributed by atoms with Crippen molar-refractivity contribution in [3.63, 3.8) is 0 Å². The Labute approximate surface area is 145 Å². The van der Waals surface area contributed by atoms with Gasteiger partial charge < -0.3 is 19.4 Å². The molecule has 0 amide bonds. The molecular weight excluding hydrogens is 337 g/mol. The molecule has 23 heavy (non-hydrogen) atoms. The molecular formula is C16H19Cl2N3O2. The number of hydrogen-bond donors (Lipinski definition) is 1. The monoisotopic (exact) mass is 355 g/mol. The molecule has 1 aromatic heterocycles. The molecule has 1 N–H and O–H groups in total. The van der Waals surface area contributed by atoms with E-state index in [1.54, 1.807) is 19.4 Å². The average Bonchev–Trinajstić information content (AvgIpc) is 3.12. The Balaban J connectivity index is 1.74. The van der Waals surface area contributed by atoms with Gasteiger partial charge in [0.25, 0.3) is 0 Å². The van der Waals surface area contributed by atoms with Gasteiger partial charge in [0.05, 0.1) is 12.1 Å². The Kier molecular flexibility index (Phi) is 5.11. The van der Waals surface area contributed by atoms with E-state index in [4.69, 9.17) is 32.7 Å². The van der Waals surface area contributed by atoms with Crippen molar-refractivity contribution in [1.82, 2.24) is 14.9 Å². The highest BCUT2D eigenvalue weighted by Crippen LogP contribution is 2.33. The van der Waals surface area contributed by atoms with Gasteiger partial charge in [0.15, 0.2) is 0 Å². The van der Waals surface area contributed by atoms with Gasteiger partial charge in [0.1, 0.15) is 17.7 Å². The molecule has 0 radical (unpaired) electrons. The second-order valence-corrected chi connectivity index (χ2v) is 6.39. The number of benzene rings is 1. The molecule has 3 rings (SSSR count). The summed E-state index contributed by atoms with van der Waals surface area (Å²) in [5, 5.41) is 4.62. The van der Waals surface area contributed by atoms with Crippen LogP contribution in [0.25, 0.3) is 0 Å². The van der Waals surface area contributed by atoms with E-state index in [9.17, 15) is 0 Å². The van der Waals surface area contributed by atoms with Crippen molar-refractivity contribution in [3.05, 3.63) is 46.0 Å². The summed E-state index contributed by atoms with van der Waals surface area (Å²) in [7, 11) is 3.58. The first kappa shape index (κ1) is 16.6. The standard InChI is InChI=1S/C16H19Cl2N3O2/c1-21-5-4-19-16(21)15-13(3-6-23-15)20-9-10-7-11(17)8-12(18)14(10)22-2/h4-5,7-8,13,15,20H,3,6,9H2,1-2H3/t13-,15-/m0/s1. The van der Waals surface area contributed by atoms with Crippen LogP contribution >= 0.6 is 23.2 Å². The first-order valence-electron chi connectivity index (χ1n) is 7.44. The first-order valence-corrected chi connectivity index (χ1v) is 8.20. The zero-order valence-electron chi connectivity index (χ0n) is 13.1. The molecule has 0 saturated carbocycles. The van der Waals surface area contributed by atoms with Crippen LogP contribution in [0.2, 0.25) is 10.0 Å². The van der Waals surface area contributed by atoms with E-state index in [1.165, 1.54) is 0 Å². The zero-order chi connectivity index (χ0) is 16.4. The third-order valence-corrected chi connectivity index (χ3v) is 4.55. The molecule has 5 nitrogen and oxygen atoms in total. The summed E-state index contributed by atoms with van der Waals surface area (Å²) in [4.78, 5) is 4.40. The normalized spacial score (nSPS) is 20.9. The molecule has 1 fully saturated rings. The van der Waals surface area contributed by atoms with Crippen molar-refractivity contribution in [2.24, 2.45) is 7.05 Å². The lowest BCUT2D eigenvalue weighted by Gasteiger charge is -2.20. The number of ether oxygens (including phenoxy) is 2. The Morgan fingerprint density at radius 3 is 2.96 bits per heavy atom. The number of methoxy groups -OCH3 is 1. The highest BCUT2D eigenvalue weighted by atomic mass is 35.5. The largest absolute Gasteiger partial charge is 0.495 e. The SMILES string of the molecule is COc1c(Cl)cc(Cl)cc1CN[C@H]1CCO[C@@H]1c1nccn1C. The highest BCUT2D eigenvalue weighted by molar-refractivity contribution is 6.35. The summed E-state index contributed by atoms with van der Waals surface area (Å²) in [6.07, 6.45) is 4.58. The summed E-state index contributed by atoms with van der Waals surface area (Å²) >= 11 is 12.3. The summed E-state index contributed by atoms with van der Waals surface area (Å²) in [5.74, 6) is 1.58. The van der Waals surface area contributed by atoms with Crippen molar-refractivity contribution >= 4 is 23.2 Å². The molecule has 7 heteroatoms. The van der Waals surface area contributed by atoms with Crippen LogP contribution in [-0.4, -0.2) is 29.3 Å². The van der Waals surface area contributed by atoms with E-state index in [0.29, 0.717) is 28.9 Å². The van der Waals surface area contributed by atoms with Crippen LogP contribution in [0, 0.1) is 0 Å². The van der Waals surface area contributed by atoms with Crippen LogP contribution < -0.4 is 10.1 Å². The Bertz CT molecular complexity index is 690. The lowest BCUT2D eigenvalue weighted by molar-refractivity contribution is 0.0892. The minimum atomic E-state index is -0.0596. The van der Waals surface area contributed by atoms with Crippen LogP contribution in [0.4, 0.5) is 0 Å². The van der Waals surface area contributed by atoms with Crippen LogP contribution in [0.15, 0.2) is 24.5 Å². The number of nitrogens with zero attached hydrogens (tertiary/aromatic N) is 2. The predicted octanol–water partition coefficient (Wildman–Crippen LogP) is 3.36. The number of imidazole rings is 1. The molecule has 124 valence electrons. The van der Waals surface area contributed by atoms with Gasteiger partial charge in [-0.2, -0.15) is 0 Å². The number of nitrogens with one attached hydrogen (secondary N) is 1. The number of aromatic nitrogens is 2. The molecule has 0 aliphatic carbocycles. The molecule has 1 aliphatic heterocycles. The van der Waals surface area contributed by atoms with Crippen LogP contribution in [0.3, 0.4) is 0 Å². The van der Waals surface area contributed by atoms with E-state index < -0.39 is 0 Å². The van der Waals surface area contributed by atoms with Crippen LogP contribution in [0.5, 0.6) is 5.75 Å². The maximum atomic E-state index is 6.19. The second-order valence-electron chi connectivity index (χ2n) is 5.54. The molecule has 2 aromatic rings. The number of hydrogen-bond acceptors (Lipinski definition) is 4. The van der Waals surface area contributed by atoms with Gasteiger partial charge in [-0.1, -0.05) is 23.2 Å². The zero-order valence-corrected chi connectivity index (χ0v) is 14.6. The van der Waals surface area contributed by atoms with Crippen molar-refractivity contribution in [1.29, 1.82) is 0 Å². The van der Waals surface area contributed by atoms with E-state index >= 15 is 0 Å². The molecule has 0 bridgehead atoms. The highest BCUT2D eigenvalue weighted by Gasteiger charge is 2.32. The minimum Gasteiger partial charge on any atom is -0.495 e. The Morgan fingerprint density at radius 2 is 2.26 bits per heavy atom. The molecule has 2 heterocycles. The number of halogens is 2. The number of aryl methyl sites for hydroxylation is 1. The smallest absolute Gasteiger partial charge is 0.142 e. The molecule has 1 aliphatic rings. The Morgan fingerprint density at radius 1 is 1.43 bits per heavy atom. The van der Waals surface area contributed by atoms with E-state index in [-0.39, 0.29) is 12.1 Å². The van der Waals surface area contributed by atoms with Crippen molar-refractivity contribution in [3.8, 4) is 5.75 Å². The summed E-state index contributed by atoms with van der Waals surface area (Å²) in [6.45, 7) is 1.31. The van der Waals surface area contributed by atoms with Gasteiger partial charge >= 0.3 is 0 Å². The fraction of sp³-hybridized carbons (Fsp3) is 0.438. The second kappa shape index (κ2) is 7.09. The van der Waals surface area contributed by atoms with Gasteiger partial charge in [-0.3, -0.25) is 0 Å². The van der Waals surface area contributed by atoms with E-state index in [0.717, 1.165) is 17.8 Å². The number of rotatable bonds is 5. The quantitative estimate of drug-likeness (QED) is 0.893. The molecule has 0 unspecified atom stereocenters.